The van der Waals surface area contributed by atoms with Crippen molar-refractivity contribution in [3.8, 4) is 22.8 Å². The lowest BCUT2D eigenvalue weighted by Crippen LogP contribution is -2.01. The van der Waals surface area contributed by atoms with Gasteiger partial charge < -0.3 is 19.1 Å². The Bertz CT molecular complexity index is 633. The van der Waals surface area contributed by atoms with Crippen molar-refractivity contribution >= 4 is 5.97 Å². The maximum absolute atomic E-state index is 11.1. The molecule has 0 saturated heterocycles. The van der Waals surface area contributed by atoms with E-state index >= 15 is 0 Å². The highest BCUT2D eigenvalue weighted by Gasteiger charge is 2.20. The first-order chi connectivity index (χ1) is 8.66. The molecule has 1 aromatic carbocycles. The average Bonchev–Trinajstić information content (AvgIpc) is 2.93. The van der Waals surface area contributed by atoms with Gasteiger partial charge in [0.05, 0.1) is 12.0 Å². The van der Waals surface area contributed by atoms with Crippen LogP contribution in [0.1, 0.15) is 10.5 Å². The Hall–Kier alpha value is -2.50. The normalized spacial score (nSPS) is 12.7. The number of carbonyl (C=O) groups is 1. The quantitative estimate of drug-likeness (QED) is 0.869. The van der Waals surface area contributed by atoms with Crippen molar-refractivity contribution in [2.24, 2.45) is 7.05 Å². The molecule has 1 aliphatic rings. The molecule has 2 heterocycles. The summed E-state index contributed by atoms with van der Waals surface area (Å²) in [5.74, 6) is 0.228. The molecule has 0 fully saturated rings. The molecule has 6 heteroatoms. The zero-order valence-electron chi connectivity index (χ0n) is 9.58. The van der Waals surface area contributed by atoms with Crippen LogP contribution in [-0.2, 0) is 7.05 Å². The van der Waals surface area contributed by atoms with Gasteiger partial charge in [0.1, 0.15) is 0 Å². The number of nitrogens with zero attached hydrogens (tertiary/aromatic N) is 2. The number of aromatic nitrogens is 2. The van der Waals surface area contributed by atoms with E-state index < -0.39 is 5.97 Å². The molecule has 0 unspecified atom stereocenters. The molecule has 0 bridgehead atoms. The molecular formula is C12H10N2O4. The van der Waals surface area contributed by atoms with Crippen LogP contribution in [0.5, 0.6) is 11.5 Å². The van der Waals surface area contributed by atoms with Crippen LogP contribution in [0.15, 0.2) is 24.5 Å². The summed E-state index contributed by atoms with van der Waals surface area (Å²) in [5.41, 5.74) is 1.30. The van der Waals surface area contributed by atoms with Gasteiger partial charge in [0.2, 0.25) is 6.79 Å². The van der Waals surface area contributed by atoms with E-state index in [1.807, 2.05) is 0 Å². The number of benzene rings is 1. The summed E-state index contributed by atoms with van der Waals surface area (Å²) in [6.07, 6.45) is 1.48. The minimum Gasteiger partial charge on any atom is -0.476 e. The Kier molecular flexibility index (Phi) is 2.22. The van der Waals surface area contributed by atoms with Crippen molar-refractivity contribution in [1.82, 2.24) is 9.55 Å². The topological polar surface area (TPSA) is 73.6 Å². The summed E-state index contributed by atoms with van der Waals surface area (Å²) < 4.78 is 12.2. The van der Waals surface area contributed by atoms with Gasteiger partial charge in [0.25, 0.3) is 0 Å². The number of hydrogen-bond donors (Lipinski definition) is 1. The Morgan fingerprint density at radius 1 is 1.39 bits per heavy atom. The van der Waals surface area contributed by atoms with Crippen LogP contribution in [0.4, 0.5) is 0 Å². The number of carboxylic acids is 1. The standard InChI is InChI=1S/C12H10N2O4/c1-14-5-13-10(12(15)16)11(14)7-2-3-8-9(4-7)18-6-17-8/h2-5H,6H2,1H3,(H,15,16). The van der Waals surface area contributed by atoms with Crippen molar-refractivity contribution < 1.29 is 19.4 Å². The largest absolute Gasteiger partial charge is 0.476 e. The van der Waals surface area contributed by atoms with Crippen LogP contribution < -0.4 is 9.47 Å². The maximum Gasteiger partial charge on any atom is 0.356 e. The first kappa shape index (κ1) is 10.6. The molecule has 0 atom stereocenters. The Morgan fingerprint density at radius 2 is 2.17 bits per heavy atom. The number of imidazole rings is 1. The van der Waals surface area contributed by atoms with Crippen LogP contribution in [0, 0.1) is 0 Å². The van der Waals surface area contributed by atoms with E-state index in [1.165, 1.54) is 6.33 Å². The van der Waals surface area contributed by atoms with Crippen molar-refractivity contribution in [2.75, 3.05) is 6.79 Å². The van der Waals surface area contributed by atoms with Crippen LogP contribution in [0.3, 0.4) is 0 Å². The summed E-state index contributed by atoms with van der Waals surface area (Å²) in [6, 6.07) is 5.30. The molecule has 1 aliphatic heterocycles. The van der Waals surface area contributed by atoms with E-state index in [9.17, 15) is 4.79 Å². The average molecular weight is 246 g/mol. The molecule has 0 radical (unpaired) electrons. The summed E-state index contributed by atoms with van der Waals surface area (Å²) in [5, 5.41) is 9.10. The lowest BCUT2D eigenvalue weighted by molar-refractivity contribution is 0.0692. The molecule has 18 heavy (non-hydrogen) atoms. The molecule has 6 nitrogen and oxygen atoms in total. The zero-order chi connectivity index (χ0) is 12.7. The molecule has 0 saturated carbocycles. The SMILES string of the molecule is Cn1cnc(C(=O)O)c1-c1ccc2c(c1)OCO2. The zero-order valence-corrected chi connectivity index (χ0v) is 9.58. The van der Waals surface area contributed by atoms with Gasteiger partial charge in [-0.3, -0.25) is 0 Å². The van der Waals surface area contributed by atoms with Gasteiger partial charge in [-0.15, -0.1) is 0 Å². The van der Waals surface area contributed by atoms with Crippen molar-refractivity contribution in [1.29, 1.82) is 0 Å². The first-order valence-electron chi connectivity index (χ1n) is 5.31. The van der Waals surface area contributed by atoms with E-state index in [4.69, 9.17) is 14.6 Å². The molecular weight excluding hydrogens is 236 g/mol. The monoisotopic (exact) mass is 246 g/mol. The maximum atomic E-state index is 11.1. The number of rotatable bonds is 2. The fourth-order valence-electron chi connectivity index (χ4n) is 1.97. The van der Waals surface area contributed by atoms with Crippen molar-refractivity contribution in [3.63, 3.8) is 0 Å². The number of aryl methyl sites for hydroxylation is 1. The van der Waals surface area contributed by atoms with Gasteiger partial charge >= 0.3 is 5.97 Å². The lowest BCUT2D eigenvalue weighted by atomic mass is 10.1. The van der Waals surface area contributed by atoms with Crippen molar-refractivity contribution in [2.45, 2.75) is 0 Å². The van der Waals surface area contributed by atoms with Crippen LogP contribution in [-0.4, -0.2) is 27.4 Å². The van der Waals surface area contributed by atoms with Gasteiger partial charge in [0, 0.05) is 12.6 Å². The molecule has 0 spiro atoms. The van der Waals surface area contributed by atoms with Crippen LogP contribution in [0.25, 0.3) is 11.3 Å². The predicted octanol–water partition coefficient (Wildman–Crippen LogP) is 1.51. The molecule has 92 valence electrons. The van der Waals surface area contributed by atoms with Crippen LogP contribution in [0.2, 0.25) is 0 Å². The predicted molar refractivity (Wildman–Crippen MR) is 61.7 cm³/mol. The van der Waals surface area contributed by atoms with Crippen molar-refractivity contribution in [3.05, 3.63) is 30.2 Å². The third-order valence-corrected chi connectivity index (χ3v) is 2.79. The highest BCUT2D eigenvalue weighted by Crippen LogP contribution is 2.36. The molecule has 3 rings (SSSR count). The number of carboxylic acid groups (broad SMARTS) is 1. The molecule has 0 amide bonds. The Labute approximate surface area is 102 Å². The van der Waals surface area contributed by atoms with Gasteiger partial charge in [-0.25, -0.2) is 9.78 Å². The number of aromatic carboxylic acids is 1. The summed E-state index contributed by atoms with van der Waals surface area (Å²) >= 11 is 0. The fraction of sp³-hybridized carbons (Fsp3) is 0.167. The Morgan fingerprint density at radius 3 is 2.94 bits per heavy atom. The minimum atomic E-state index is -1.05. The minimum absolute atomic E-state index is 0.0244. The molecule has 1 N–H and O–H groups in total. The first-order valence-corrected chi connectivity index (χ1v) is 5.31. The van der Waals surface area contributed by atoms with Gasteiger partial charge in [-0.05, 0) is 18.2 Å². The summed E-state index contributed by atoms with van der Waals surface area (Å²) in [6.45, 7) is 0.190. The summed E-state index contributed by atoms with van der Waals surface area (Å²) in [4.78, 5) is 15.0. The van der Waals surface area contributed by atoms with Gasteiger partial charge in [0.15, 0.2) is 17.2 Å². The van der Waals surface area contributed by atoms with Gasteiger partial charge in [-0.2, -0.15) is 0 Å². The third kappa shape index (κ3) is 1.50. The second-order valence-corrected chi connectivity index (χ2v) is 3.93. The number of ether oxygens (including phenoxy) is 2. The van der Waals surface area contributed by atoms with E-state index in [-0.39, 0.29) is 12.5 Å². The second-order valence-electron chi connectivity index (χ2n) is 3.93. The number of hydrogen-bond acceptors (Lipinski definition) is 4. The van der Waals surface area contributed by atoms with E-state index in [2.05, 4.69) is 4.98 Å². The second kappa shape index (κ2) is 3.76. The molecule has 2 aromatic rings. The highest BCUT2D eigenvalue weighted by molar-refractivity contribution is 5.93. The van der Waals surface area contributed by atoms with E-state index in [0.717, 1.165) is 5.56 Å². The highest BCUT2D eigenvalue weighted by atomic mass is 16.7. The fourth-order valence-corrected chi connectivity index (χ4v) is 1.97. The smallest absolute Gasteiger partial charge is 0.356 e. The van der Waals surface area contributed by atoms with Gasteiger partial charge in [-0.1, -0.05) is 0 Å². The number of fused-ring (bicyclic) bond motifs is 1. The van der Waals surface area contributed by atoms with E-state index in [0.29, 0.717) is 17.2 Å². The lowest BCUT2D eigenvalue weighted by Gasteiger charge is -2.05. The summed E-state index contributed by atoms with van der Waals surface area (Å²) in [7, 11) is 1.75. The third-order valence-electron chi connectivity index (χ3n) is 2.79. The van der Waals surface area contributed by atoms with Crippen LogP contribution >= 0.6 is 0 Å². The molecule has 1 aromatic heterocycles. The molecule has 0 aliphatic carbocycles. The van der Waals surface area contributed by atoms with E-state index in [1.54, 1.807) is 29.8 Å². The Balaban J connectivity index is 2.15.